The molecule has 8 heteroatoms. The van der Waals surface area contributed by atoms with Crippen molar-refractivity contribution in [2.24, 2.45) is 0 Å². The molecule has 0 radical (unpaired) electrons. The van der Waals surface area contributed by atoms with Gasteiger partial charge in [0.2, 0.25) is 0 Å². The van der Waals surface area contributed by atoms with Gasteiger partial charge in [-0.05, 0) is 13.3 Å². The third kappa shape index (κ3) is 5.20. The van der Waals surface area contributed by atoms with Gasteiger partial charge in [0.1, 0.15) is 5.82 Å². The van der Waals surface area contributed by atoms with Crippen molar-refractivity contribution >= 4 is 10.0 Å². The number of hydrogen-bond acceptors (Lipinski definition) is 5. The summed E-state index contributed by atoms with van der Waals surface area (Å²) in [5.74, 6) is 0.713. The van der Waals surface area contributed by atoms with Crippen LogP contribution in [0.15, 0.2) is 11.2 Å². The minimum Gasteiger partial charge on any atom is -0.383 e. The smallest absolute Gasteiger partial charge is 0.259 e. The third-order valence-electron chi connectivity index (χ3n) is 2.77. The minimum absolute atomic E-state index is 0.0836. The molecule has 0 unspecified atom stereocenters. The van der Waals surface area contributed by atoms with Crippen LogP contribution in [0.3, 0.4) is 0 Å². The van der Waals surface area contributed by atoms with E-state index in [0.29, 0.717) is 32.1 Å². The fourth-order valence-electron chi connectivity index (χ4n) is 1.72. The highest BCUT2D eigenvalue weighted by Crippen LogP contribution is 2.09. The van der Waals surface area contributed by atoms with Crippen LogP contribution >= 0.6 is 0 Å². The first-order valence-corrected chi connectivity index (χ1v) is 8.22. The van der Waals surface area contributed by atoms with Gasteiger partial charge in [-0.3, -0.25) is 0 Å². The molecule has 0 bridgehead atoms. The molecule has 0 fully saturated rings. The number of methoxy groups -OCH3 is 1. The van der Waals surface area contributed by atoms with Crippen molar-refractivity contribution in [2.45, 2.75) is 31.8 Å². The van der Waals surface area contributed by atoms with Gasteiger partial charge in [-0.15, -0.1) is 0 Å². The summed E-state index contributed by atoms with van der Waals surface area (Å²) in [5, 5.41) is 3.15. The Morgan fingerprint density at radius 3 is 2.75 bits per heavy atom. The van der Waals surface area contributed by atoms with E-state index in [1.807, 2.05) is 11.5 Å². The predicted octanol–water partition coefficient (Wildman–Crippen LogP) is 0.116. The van der Waals surface area contributed by atoms with Crippen molar-refractivity contribution in [3.63, 3.8) is 0 Å². The zero-order valence-electron chi connectivity index (χ0n) is 12.3. The average Bonchev–Trinajstić information content (AvgIpc) is 2.77. The van der Waals surface area contributed by atoms with E-state index in [2.05, 4.69) is 15.0 Å². The molecule has 1 aromatic rings. The number of nitrogens with zero attached hydrogens (tertiary/aromatic N) is 2. The molecule has 0 aliphatic rings. The number of aromatic nitrogens is 2. The lowest BCUT2D eigenvalue weighted by Gasteiger charge is -2.05. The Morgan fingerprint density at radius 2 is 2.10 bits per heavy atom. The van der Waals surface area contributed by atoms with E-state index in [4.69, 9.17) is 4.74 Å². The summed E-state index contributed by atoms with van der Waals surface area (Å²) in [6.07, 6.45) is 2.52. The first-order chi connectivity index (χ1) is 9.51. The molecule has 0 saturated heterocycles. The monoisotopic (exact) mass is 304 g/mol. The van der Waals surface area contributed by atoms with Crippen molar-refractivity contribution in [1.82, 2.24) is 19.6 Å². The van der Waals surface area contributed by atoms with E-state index in [1.165, 1.54) is 0 Å². The van der Waals surface area contributed by atoms with Crippen LogP contribution in [0.5, 0.6) is 0 Å². The van der Waals surface area contributed by atoms with Gasteiger partial charge in [0.15, 0.2) is 5.03 Å². The summed E-state index contributed by atoms with van der Waals surface area (Å²) in [6, 6.07) is 0. The van der Waals surface area contributed by atoms with Gasteiger partial charge >= 0.3 is 0 Å². The van der Waals surface area contributed by atoms with Gasteiger partial charge in [-0.25, -0.2) is 18.1 Å². The molecule has 20 heavy (non-hydrogen) atoms. The number of ether oxygens (including phenoxy) is 1. The average molecular weight is 304 g/mol. The first-order valence-electron chi connectivity index (χ1n) is 6.74. The number of nitrogens with one attached hydrogen (secondary N) is 2. The molecule has 0 amide bonds. The van der Waals surface area contributed by atoms with Crippen LogP contribution in [0, 0.1) is 6.92 Å². The lowest BCUT2D eigenvalue weighted by atomic mass is 10.5. The maximum atomic E-state index is 12.1. The SMILES string of the molecule is CCCn1cc(S(=O)(=O)NCCNCCOC)nc1C. The summed E-state index contributed by atoms with van der Waals surface area (Å²) in [4.78, 5) is 4.10. The maximum Gasteiger partial charge on any atom is 0.259 e. The van der Waals surface area contributed by atoms with Crippen molar-refractivity contribution in [2.75, 3.05) is 33.4 Å². The lowest BCUT2D eigenvalue weighted by molar-refractivity contribution is 0.199. The maximum absolute atomic E-state index is 12.1. The van der Waals surface area contributed by atoms with Crippen LogP contribution in [0.25, 0.3) is 0 Å². The Bertz CT molecular complexity index is 499. The summed E-state index contributed by atoms with van der Waals surface area (Å²) in [7, 11) is -1.90. The molecule has 2 N–H and O–H groups in total. The van der Waals surface area contributed by atoms with E-state index >= 15 is 0 Å². The van der Waals surface area contributed by atoms with Crippen molar-refractivity contribution in [1.29, 1.82) is 0 Å². The molecule has 0 aliphatic heterocycles. The van der Waals surface area contributed by atoms with Crippen LogP contribution in [-0.4, -0.2) is 51.3 Å². The van der Waals surface area contributed by atoms with Gasteiger partial charge in [-0.2, -0.15) is 0 Å². The predicted molar refractivity (Wildman–Crippen MR) is 77.2 cm³/mol. The zero-order valence-corrected chi connectivity index (χ0v) is 13.2. The number of sulfonamides is 1. The topological polar surface area (TPSA) is 85.2 Å². The number of rotatable bonds is 10. The van der Waals surface area contributed by atoms with E-state index in [1.54, 1.807) is 20.2 Å². The van der Waals surface area contributed by atoms with Gasteiger partial charge in [0.05, 0.1) is 6.61 Å². The zero-order chi connectivity index (χ0) is 15.0. The van der Waals surface area contributed by atoms with Gasteiger partial charge in [-0.1, -0.05) is 6.92 Å². The Hall–Kier alpha value is -0.960. The molecular formula is C12H24N4O3S. The third-order valence-corrected chi connectivity index (χ3v) is 4.10. The number of aryl methyl sites for hydroxylation is 2. The first kappa shape index (κ1) is 17.1. The van der Waals surface area contributed by atoms with E-state index in [0.717, 1.165) is 13.0 Å². The quantitative estimate of drug-likeness (QED) is 0.600. The molecule has 0 atom stereocenters. The fourth-order valence-corrected chi connectivity index (χ4v) is 2.76. The van der Waals surface area contributed by atoms with Crippen LogP contribution in [-0.2, 0) is 21.3 Å². The summed E-state index contributed by atoms with van der Waals surface area (Å²) in [6.45, 7) is 6.80. The Morgan fingerprint density at radius 1 is 1.35 bits per heavy atom. The molecule has 1 rings (SSSR count). The molecule has 1 aromatic heterocycles. The second-order valence-electron chi connectivity index (χ2n) is 4.46. The largest absolute Gasteiger partial charge is 0.383 e. The highest BCUT2D eigenvalue weighted by Gasteiger charge is 2.18. The molecule has 0 aromatic carbocycles. The Kier molecular flexibility index (Phi) is 7.14. The minimum atomic E-state index is -3.53. The van der Waals surface area contributed by atoms with Gasteiger partial charge < -0.3 is 14.6 Å². The number of imidazole rings is 1. The molecule has 7 nitrogen and oxygen atoms in total. The van der Waals surface area contributed by atoms with Gasteiger partial charge in [0, 0.05) is 39.5 Å². The van der Waals surface area contributed by atoms with Crippen molar-refractivity contribution < 1.29 is 13.2 Å². The Balaban J connectivity index is 2.49. The second-order valence-corrected chi connectivity index (χ2v) is 6.17. The highest BCUT2D eigenvalue weighted by molar-refractivity contribution is 7.89. The molecule has 0 spiro atoms. The van der Waals surface area contributed by atoms with Crippen molar-refractivity contribution in [3.8, 4) is 0 Å². The molecule has 0 aliphatic carbocycles. The van der Waals surface area contributed by atoms with Crippen LogP contribution in [0.4, 0.5) is 0 Å². The van der Waals surface area contributed by atoms with Crippen LogP contribution in [0.1, 0.15) is 19.2 Å². The standard InChI is InChI=1S/C12H24N4O3S/c1-4-8-16-10-12(15-11(16)2)20(17,18)14-6-5-13-7-9-19-3/h10,13-14H,4-9H2,1-3H3. The van der Waals surface area contributed by atoms with E-state index in [9.17, 15) is 8.42 Å². The number of hydrogen-bond donors (Lipinski definition) is 2. The molecule has 1 heterocycles. The molecule has 116 valence electrons. The summed E-state index contributed by atoms with van der Waals surface area (Å²) in [5.41, 5.74) is 0. The lowest BCUT2D eigenvalue weighted by Crippen LogP contribution is -2.33. The van der Waals surface area contributed by atoms with Crippen LogP contribution < -0.4 is 10.0 Å². The van der Waals surface area contributed by atoms with Gasteiger partial charge in [0.25, 0.3) is 10.0 Å². The second kappa shape index (κ2) is 8.35. The normalized spacial score (nSPS) is 11.9. The Labute approximate surface area is 120 Å². The molecular weight excluding hydrogens is 280 g/mol. The van der Waals surface area contributed by atoms with Crippen molar-refractivity contribution in [3.05, 3.63) is 12.0 Å². The molecule has 0 saturated carbocycles. The summed E-state index contributed by atoms with van der Waals surface area (Å²) >= 11 is 0. The highest BCUT2D eigenvalue weighted by atomic mass is 32.2. The van der Waals surface area contributed by atoms with Crippen LogP contribution in [0.2, 0.25) is 0 Å². The summed E-state index contributed by atoms with van der Waals surface area (Å²) < 4.78 is 33.4. The fraction of sp³-hybridized carbons (Fsp3) is 0.750. The van der Waals surface area contributed by atoms with E-state index in [-0.39, 0.29) is 5.03 Å². The van der Waals surface area contributed by atoms with E-state index < -0.39 is 10.0 Å².